The third-order valence-corrected chi connectivity index (χ3v) is 13.6. The van der Waals surface area contributed by atoms with E-state index in [-0.39, 0.29) is 0 Å². The zero-order valence-corrected chi connectivity index (χ0v) is 37.5. The van der Waals surface area contributed by atoms with Gasteiger partial charge in [0, 0.05) is 43.4 Å². The van der Waals surface area contributed by atoms with Crippen molar-refractivity contribution in [2.45, 2.75) is 41.5 Å². The highest BCUT2D eigenvalue weighted by molar-refractivity contribution is 6.16. The molecular weight excluding hydrogens is 789 g/mol. The van der Waals surface area contributed by atoms with E-state index in [0.717, 1.165) is 72.4 Å². The topological polar surface area (TPSA) is 38.6 Å². The zero-order chi connectivity index (χ0) is 44.2. The summed E-state index contributed by atoms with van der Waals surface area (Å²) in [4.78, 5) is 0. The molecule has 4 nitrogen and oxygen atoms in total. The summed E-state index contributed by atoms with van der Waals surface area (Å²) >= 11 is 0. The fourth-order valence-corrected chi connectivity index (χ4v) is 10.7. The first kappa shape index (κ1) is 38.5. The van der Waals surface area contributed by atoms with Gasteiger partial charge in [-0.2, -0.15) is 5.26 Å². The number of fused-ring (bicyclic) bond motifs is 9. The molecule has 0 unspecified atom stereocenters. The zero-order valence-electron chi connectivity index (χ0n) is 37.5. The molecule has 9 aromatic carbocycles. The van der Waals surface area contributed by atoms with Gasteiger partial charge in [-0.25, -0.2) is 0 Å². The van der Waals surface area contributed by atoms with Crippen molar-refractivity contribution in [3.05, 3.63) is 209 Å². The molecule has 0 aliphatic heterocycles. The summed E-state index contributed by atoms with van der Waals surface area (Å²) in [6.45, 7) is 13.1. The summed E-state index contributed by atoms with van der Waals surface area (Å²) in [7, 11) is 0. The molecule has 65 heavy (non-hydrogen) atoms. The average Bonchev–Trinajstić information content (AvgIpc) is 3.92. The fourth-order valence-electron chi connectivity index (χ4n) is 10.7. The maximum atomic E-state index is 12.1. The number of aromatic nitrogens is 3. The molecule has 310 valence electrons. The van der Waals surface area contributed by atoms with Gasteiger partial charge in [0.25, 0.3) is 0 Å². The van der Waals surface area contributed by atoms with E-state index in [0.29, 0.717) is 5.56 Å². The highest BCUT2D eigenvalue weighted by atomic mass is 15.1. The minimum atomic E-state index is 0.618. The smallest absolute Gasteiger partial charge is 0.101 e. The van der Waals surface area contributed by atoms with E-state index in [2.05, 4.69) is 231 Å². The molecule has 0 aliphatic rings. The molecule has 0 saturated heterocycles. The van der Waals surface area contributed by atoms with Crippen molar-refractivity contribution in [2.75, 3.05) is 0 Å². The highest BCUT2D eigenvalue weighted by Gasteiger charge is 2.33. The Balaban J connectivity index is 1.47. The maximum absolute atomic E-state index is 12.1. The molecule has 4 heteroatoms. The molecule has 0 N–H and O–H groups in total. The van der Waals surface area contributed by atoms with Crippen LogP contribution in [0.4, 0.5) is 0 Å². The molecular formula is C61H46N4. The minimum Gasteiger partial charge on any atom is -0.306 e. The van der Waals surface area contributed by atoms with Crippen LogP contribution in [-0.2, 0) is 0 Å². The Morgan fingerprint density at radius 2 is 0.554 bits per heavy atom. The van der Waals surface area contributed by atoms with Gasteiger partial charge in [0.2, 0.25) is 0 Å². The van der Waals surface area contributed by atoms with Gasteiger partial charge in [-0.3, -0.25) is 0 Å². The summed E-state index contributed by atoms with van der Waals surface area (Å²) < 4.78 is 7.47. The van der Waals surface area contributed by atoms with Crippen molar-refractivity contribution in [1.82, 2.24) is 13.7 Å². The molecule has 0 aliphatic carbocycles. The maximum Gasteiger partial charge on any atom is 0.101 e. The van der Waals surface area contributed by atoms with Crippen molar-refractivity contribution in [3.63, 3.8) is 0 Å². The SMILES string of the molecule is Cc1ccc2c(c1)c1cc(C)ccc1n2-c1c(-c2ccccc2)c(C#N)c(-c2ccccc2)c(-n2c3ccc(C)cc3c3cc(C)ccc32)c1-n1c2ccc(C)cc2c2cc(C)ccc21. The largest absolute Gasteiger partial charge is 0.306 e. The van der Waals surface area contributed by atoms with Crippen LogP contribution in [0.3, 0.4) is 0 Å². The highest BCUT2D eigenvalue weighted by Crippen LogP contribution is 2.52. The van der Waals surface area contributed by atoms with Crippen LogP contribution in [-0.4, -0.2) is 13.7 Å². The third-order valence-electron chi connectivity index (χ3n) is 13.6. The Morgan fingerprint density at radius 3 is 0.800 bits per heavy atom. The minimum absolute atomic E-state index is 0.618. The Hall–Kier alpha value is -8.13. The van der Waals surface area contributed by atoms with Gasteiger partial charge in [-0.15, -0.1) is 0 Å². The van der Waals surface area contributed by atoms with Crippen LogP contribution in [0.5, 0.6) is 0 Å². The van der Waals surface area contributed by atoms with Gasteiger partial charge >= 0.3 is 0 Å². The number of nitriles is 1. The lowest BCUT2D eigenvalue weighted by atomic mass is 9.87. The molecule has 0 radical (unpaired) electrons. The van der Waals surface area contributed by atoms with E-state index in [1.54, 1.807) is 0 Å². The molecule has 3 heterocycles. The van der Waals surface area contributed by atoms with E-state index in [9.17, 15) is 5.26 Å². The molecule has 3 aromatic heterocycles. The van der Waals surface area contributed by atoms with E-state index in [1.807, 2.05) is 0 Å². The van der Waals surface area contributed by atoms with Gasteiger partial charge in [-0.1, -0.05) is 130 Å². The number of nitrogens with zero attached hydrogens (tertiary/aromatic N) is 4. The van der Waals surface area contributed by atoms with Crippen LogP contribution in [0.2, 0.25) is 0 Å². The molecule has 0 atom stereocenters. The van der Waals surface area contributed by atoms with Crippen LogP contribution < -0.4 is 0 Å². The summed E-state index contributed by atoms with van der Waals surface area (Å²) in [5, 5.41) is 19.2. The molecule has 0 saturated carbocycles. The number of hydrogen-bond acceptors (Lipinski definition) is 1. The third kappa shape index (κ3) is 5.75. The normalized spacial score (nSPS) is 11.8. The Kier molecular flexibility index (Phi) is 8.57. The second-order valence-corrected chi connectivity index (χ2v) is 18.1. The number of benzene rings is 9. The predicted molar refractivity (Wildman–Crippen MR) is 273 cm³/mol. The van der Waals surface area contributed by atoms with Crippen molar-refractivity contribution in [1.29, 1.82) is 5.26 Å². The fraction of sp³-hybridized carbons (Fsp3) is 0.0984. The van der Waals surface area contributed by atoms with Gasteiger partial charge in [0.15, 0.2) is 0 Å². The van der Waals surface area contributed by atoms with Crippen molar-refractivity contribution in [3.8, 4) is 45.4 Å². The lowest BCUT2D eigenvalue weighted by molar-refractivity contribution is 1.05. The summed E-state index contributed by atoms with van der Waals surface area (Å²) in [6.07, 6.45) is 0. The predicted octanol–water partition coefficient (Wildman–Crippen LogP) is 16.0. The van der Waals surface area contributed by atoms with Gasteiger partial charge in [0.05, 0.1) is 55.7 Å². The molecule has 0 amide bonds. The first-order valence-corrected chi connectivity index (χ1v) is 22.5. The Labute approximate surface area is 378 Å². The standard InChI is InChI=1S/C61H46N4/c1-36-17-23-51-44(29-36)45-30-37(2)18-24-52(45)63(51)59-57(42-13-9-7-10-14-42)50(35-62)58(43-15-11-8-12-16-43)60(64-53-25-19-38(3)31-46(53)47-32-39(4)20-26-54(47)64)61(59)65-55-27-21-40(5)33-48(55)49-34-41(6)22-28-56(49)65/h7-34H,1-6H3. The van der Waals surface area contributed by atoms with Crippen LogP contribution in [0, 0.1) is 52.9 Å². The average molecular weight is 835 g/mol. The van der Waals surface area contributed by atoms with E-state index in [1.165, 1.54) is 65.7 Å². The van der Waals surface area contributed by atoms with E-state index in [4.69, 9.17) is 0 Å². The quantitative estimate of drug-likeness (QED) is 0.170. The first-order chi connectivity index (χ1) is 31.7. The van der Waals surface area contributed by atoms with Gasteiger partial charge in [-0.05, 0) is 125 Å². The number of aryl methyl sites for hydroxylation is 6. The molecule has 0 bridgehead atoms. The number of hydrogen-bond donors (Lipinski definition) is 0. The Bertz CT molecular complexity index is 3630. The molecule has 0 spiro atoms. The second kappa shape index (κ2) is 14.5. The summed E-state index contributed by atoms with van der Waals surface area (Å²) in [6, 6.07) is 65.2. The van der Waals surface area contributed by atoms with Crippen LogP contribution in [0.25, 0.3) is 105 Å². The van der Waals surface area contributed by atoms with Gasteiger partial charge in [0.1, 0.15) is 6.07 Å². The Morgan fingerprint density at radius 1 is 0.308 bits per heavy atom. The molecule has 12 aromatic rings. The first-order valence-electron chi connectivity index (χ1n) is 22.5. The summed E-state index contributed by atoms with van der Waals surface area (Å²) in [5.74, 6) is 0. The summed E-state index contributed by atoms with van der Waals surface area (Å²) in [5.41, 5.74) is 20.9. The molecule has 12 rings (SSSR count). The van der Waals surface area contributed by atoms with Crippen molar-refractivity contribution in [2.24, 2.45) is 0 Å². The van der Waals surface area contributed by atoms with Gasteiger partial charge < -0.3 is 13.7 Å². The van der Waals surface area contributed by atoms with Crippen LogP contribution >= 0.6 is 0 Å². The monoisotopic (exact) mass is 834 g/mol. The van der Waals surface area contributed by atoms with Crippen LogP contribution in [0.15, 0.2) is 170 Å². The van der Waals surface area contributed by atoms with E-state index >= 15 is 0 Å². The van der Waals surface area contributed by atoms with Crippen molar-refractivity contribution >= 4 is 65.4 Å². The lowest BCUT2D eigenvalue weighted by Gasteiger charge is -2.29. The number of rotatable bonds is 5. The lowest BCUT2D eigenvalue weighted by Crippen LogP contribution is -2.14. The van der Waals surface area contributed by atoms with Crippen LogP contribution in [0.1, 0.15) is 38.9 Å². The van der Waals surface area contributed by atoms with E-state index < -0.39 is 0 Å². The molecule has 0 fully saturated rings. The van der Waals surface area contributed by atoms with Crippen molar-refractivity contribution < 1.29 is 0 Å². The second-order valence-electron chi connectivity index (χ2n) is 18.1.